The van der Waals surface area contributed by atoms with Crippen LogP contribution in [-0.4, -0.2) is 17.8 Å². The Bertz CT molecular complexity index is 1290. The van der Waals surface area contributed by atoms with Crippen molar-refractivity contribution in [2.24, 2.45) is 0 Å². The van der Waals surface area contributed by atoms with Crippen molar-refractivity contribution in [3.8, 4) is 28.4 Å². The first kappa shape index (κ1) is 21.3. The molecule has 0 radical (unpaired) electrons. The fourth-order valence-electron chi connectivity index (χ4n) is 5.11. The lowest BCUT2D eigenvalue weighted by molar-refractivity contribution is 0.200. The summed E-state index contributed by atoms with van der Waals surface area (Å²) in [6, 6.07) is 10.7. The summed E-state index contributed by atoms with van der Waals surface area (Å²) in [6.45, 7) is 6.24. The molecule has 6 heteroatoms. The number of benzene rings is 3. The molecule has 0 saturated heterocycles. The summed E-state index contributed by atoms with van der Waals surface area (Å²) in [5, 5.41) is 14.0. The third kappa shape index (κ3) is 3.59. The van der Waals surface area contributed by atoms with Crippen LogP contribution in [0, 0.1) is 11.6 Å². The van der Waals surface area contributed by atoms with E-state index in [1.54, 1.807) is 6.07 Å². The molecule has 3 aromatic carbocycles. The number of aromatic hydroxyl groups is 1. The summed E-state index contributed by atoms with van der Waals surface area (Å²) in [6.07, 6.45) is 1.94. The molecule has 33 heavy (non-hydrogen) atoms. The second-order valence-corrected chi connectivity index (χ2v) is 9.20. The van der Waals surface area contributed by atoms with Crippen LogP contribution < -0.4 is 14.8 Å². The largest absolute Gasteiger partial charge is 0.504 e. The van der Waals surface area contributed by atoms with Crippen LogP contribution in [0.4, 0.5) is 14.5 Å². The van der Waals surface area contributed by atoms with Gasteiger partial charge in [0.15, 0.2) is 11.5 Å². The quantitative estimate of drug-likeness (QED) is 0.471. The minimum Gasteiger partial charge on any atom is -0.504 e. The molecule has 0 saturated carbocycles. The van der Waals surface area contributed by atoms with E-state index in [9.17, 15) is 13.9 Å². The second-order valence-electron chi connectivity index (χ2n) is 9.20. The highest BCUT2D eigenvalue weighted by Crippen LogP contribution is 2.54. The number of anilines is 1. The smallest absolute Gasteiger partial charge is 0.172 e. The molecule has 2 heterocycles. The van der Waals surface area contributed by atoms with Gasteiger partial charge in [-0.2, -0.15) is 0 Å². The van der Waals surface area contributed by atoms with Gasteiger partial charge in [0, 0.05) is 29.3 Å². The van der Waals surface area contributed by atoms with Gasteiger partial charge in [-0.15, -0.1) is 0 Å². The van der Waals surface area contributed by atoms with Crippen molar-refractivity contribution in [3.63, 3.8) is 0 Å². The number of nitrogens with one attached hydrogen (secondary N) is 1. The van der Waals surface area contributed by atoms with Crippen LogP contribution in [0.2, 0.25) is 0 Å². The minimum absolute atomic E-state index is 0.0145. The molecule has 2 aliphatic heterocycles. The molecule has 1 atom stereocenters. The zero-order valence-electron chi connectivity index (χ0n) is 18.9. The monoisotopic (exact) mass is 449 g/mol. The summed E-state index contributed by atoms with van der Waals surface area (Å²) in [4.78, 5) is 0. The highest BCUT2D eigenvalue weighted by molar-refractivity contribution is 5.92. The van der Waals surface area contributed by atoms with E-state index in [1.165, 1.54) is 25.3 Å². The van der Waals surface area contributed by atoms with Crippen LogP contribution in [0.25, 0.3) is 16.7 Å². The van der Waals surface area contributed by atoms with E-state index in [1.807, 2.05) is 12.1 Å². The van der Waals surface area contributed by atoms with Gasteiger partial charge in [0.25, 0.3) is 0 Å². The van der Waals surface area contributed by atoms with E-state index in [0.29, 0.717) is 22.6 Å². The molecular weight excluding hydrogens is 424 g/mol. The fourth-order valence-corrected chi connectivity index (χ4v) is 5.11. The molecule has 5 rings (SSSR count). The Morgan fingerprint density at radius 2 is 1.79 bits per heavy atom. The maximum atomic E-state index is 13.9. The zero-order valence-corrected chi connectivity index (χ0v) is 18.9. The summed E-state index contributed by atoms with van der Waals surface area (Å²) < 4.78 is 39.8. The Labute approximate surface area is 191 Å². The molecular formula is C27H25F2NO3. The van der Waals surface area contributed by atoms with Gasteiger partial charge in [0.05, 0.1) is 18.2 Å². The van der Waals surface area contributed by atoms with E-state index in [4.69, 9.17) is 9.47 Å². The summed E-state index contributed by atoms with van der Waals surface area (Å²) >= 11 is 0. The van der Waals surface area contributed by atoms with Crippen molar-refractivity contribution in [2.45, 2.75) is 38.8 Å². The molecule has 0 fully saturated rings. The zero-order chi connectivity index (χ0) is 23.5. The number of hydrogen-bond acceptors (Lipinski definition) is 4. The lowest BCUT2D eigenvalue weighted by Gasteiger charge is -2.37. The average molecular weight is 449 g/mol. The van der Waals surface area contributed by atoms with Crippen LogP contribution in [0.1, 0.15) is 43.6 Å². The second kappa shape index (κ2) is 7.51. The molecule has 4 nitrogen and oxygen atoms in total. The Morgan fingerprint density at radius 3 is 2.48 bits per heavy atom. The van der Waals surface area contributed by atoms with Gasteiger partial charge < -0.3 is 19.9 Å². The Morgan fingerprint density at radius 1 is 1.06 bits per heavy atom. The van der Waals surface area contributed by atoms with Gasteiger partial charge in [0.2, 0.25) is 0 Å². The van der Waals surface area contributed by atoms with Crippen molar-refractivity contribution >= 4 is 11.3 Å². The lowest BCUT2D eigenvalue weighted by atomic mass is 9.80. The number of fused-ring (bicyclic) bond motifs is 5. The lowest BCUT2D eigenvalue weighted by Crippen LogP contribution is -2.32. The van der Waals surface area contributed by atoms with Gasteiger partial charge >= 0.3 is 0 Å². The summed E-state index contributed by atoms with van der Waals surface area (Å²) in [7, 11) is 1.50. The standard InChI is InChI=1S/C27H25F2NO3/c1-14-13-27(2,3)30-19-6-5-18-24(23(14)19)22(11-15-9-16(28)12-17(29)10-15)33-21-8-7-20(31)26(32-4)25(18)21/h5-10,12-13,22,30-31H,11H2,1-4H3. The van der Waals surface area contributed by atoms with Crippen molar-refractivity contribution in [3.05, 3.63) is 76.9 Å². The van der Waals surface area contributed by atoms with E-state index < -0.39 is 17.7 Å². The highest BCUT2D eigenvalue weighted by Gasteiger charge is 2.35. The van der Waals surface area contributed by atoms with Crippen LogP contribution in [0.3, 0.4) is 0 Å². The first-order chi connectivity index (χ1) is 15.7. The van der Waals surface area contributed by atoms with Crippen LogP contribution >= 0.6 is 0 Å². The molecule has 0 amide bonds. The van der Waals surface area contributed by atoms with Crippen molar-refractivity contribution in [1.82, 2.24) is 0 Å². The van der Waals surface area contributed by atoms with Gasteiger partial charge in [-0.1, -0.05) is 12.1 Å². The maximum absolute atomic E-state index is 13.9. The molecule has 0 aromatic heterocycles. The van der Waals surface area contributed by atoms with Crippen molar-refractivity contribution in [2.75, 3.05) is 12.4 Å². The number of rotatable bonds is 3. The van der Waals surface area contributed by atoms with E-state index in [0.717, 1.165) is 34.0 Å². The first-order valence-corrected chi connectivity index (χ1v) is 10.8. The maximum Gasteiger partial charge on any atom is 0.172 e. The molecule has 0 bridgehead atoms. The van der Waals surface area contributed by atoms with Crippen molar-refractivity contribution in [1.29, 1.82) is 0 Å². The van der Waals surface area contributed by atoms with E-state index in [2.05, 4.69) is 32.2 Å². The van der Waals surface area contributed by atoms with E-state index >= 15 is 0 Å². The van der Waals surface area contributed by atoms with Crippen LogP contribution in [-0.2, 0) is 6.42 Å². The Hall–Kier alpha value is -3.54. The Kier molecular flexibility index (Phi) is 4.85. The average Bonchev–Trinajstić information content (AvgIpc) is 2.72. The predicted octanol–water partition coefficient (Wildman–Crippen LogP) is 6.63. The third-order valence-corrected chi connectivity index (χ3v) is 6.18. The SMILES string of the molecule is COc1c(O)ccc2c1-c1ccc3c(c1C(Cc1cc(F)cc(F)c1)O2)C(C)=CC(C)(C)N3. The molecule has 0 aliphatic carbocycles. The van der Waals surface area contributed by atoms with E-state index in [-0.39, 0.29) is 17.7 Å². The summed E-state index contributed by atoms with van der Waals surface area (Å²) in [5.41, 5.74) is 5.72. The normalized spacial score (nSPS) is 17.6. The van der Waals surface area contributed by atoms with Crippen LogP contribution in [0.15, 0.2) is 48.5 Å². The van der Waals surface area contributed by atoms with Crippen molar-refractivity contribution < 1.29 is 23.4 Å². The molecule has 2 aliphatic rings. The number of methoxy groups -OCH3 is 1. The molecule has 0 spiro atoms. The number of phenolic OH excluding ortho intramolecular Hbond substituents is 1. The molecule has 2 N–H and O–H groups in total. The minimum atomic E-state index is -0.623. The van der Waals surface area contributed by atoms with Gasteiger partial charge in [-0.3, -0.25) is 0 Å². The number of hydrogen-bond donors (Lipinski definition) is 2. The third-order valence-electron chi connectivity index (χ3n) is 6.18. The number of ether oxygens (including phenoxy) is 2. The number of allylic oxidation sites excluding steroid dienone is 1. The summed E-state index contributed by atoms with van der Waals surface area (Å²) in [5.74, 6) is -0.356. The predicted molar refractivity (Wildman–Crippen MR) is 125 cm³/mol. The highest BCUT2D eigenvalue weighted by atomic mass is 19.1. The number of halogens is 2. The first-order valence-electron chi connectivity index (χ1n) is 10.8. The van der Waals surface area contributed by atoms with Gasteiger partial charge in [-0.25, -0.2) is 8.78 Å². The topological polar surface area (TPSA) is 50.7 Å². The van der Waals surface area contributed by atoms with Gasteiger partial charge in [0.1, 0.15) is 23.5 Å². The van der Waals surface area contributed by atoms with Crippen LogP contribution in [0.5, 0.6) is 17.2 Å². The Balaban J connectivity index is 1.75. The molecule has 3 aromatic rings. The molecule has 170 valence electrons. The fraction of sp³-hybridized carbons (Fsp3) is 0.259. The number of phenols is 1. The molecule has 1 unspecified atom stereocenters. The van der Waals surface area contributed by atoms with Gasteiger partial charge in [-0.05, 0) is 67.8 Å².